The van der Waals surface area contributed by atoms with Crippen molar-refractivity contribution in [2.75, 3.05) is 11.1 Å². The minimum atomic E-state index is -0.120. The average Bonchev–Trinajstić information content (AvgIpc) is 3.37. The van der Waals surface area contributed by atoms with Crippen LogP contribution in [0.1, 0.15) is 22.4 Å². The molecule has 1 amide bonds. The number of nitrogens with one attached hydrogen (secondary N) is 1. The van der Waals surface area contributed by atoms with E-state index in [1.807, 2.05) is 60.7 Å². The van der Waals surface area contributed by atoms with Gasteiger partial charge in [-0.3, -0.25) is 14.2 Å². The quantitative estimate of drug-likeness (QED) is 0.343. The van der Waals surface area contributed by atoms with Gasteiger partial charge in [-0.2, -0.15) is 0 Å². The number of hydrogen-bond acceptors (Lipinski definition) is 5. The molecule has 1 aliphatic carbocycles. The zero-order valence-corrected chi connectivity index (χ0v) is 18.5. The highest BCUT2D eigenvalue weighted by Crippen LogP contribution is 2.35. The Morgan fingerprint density at radius 1 is 1.06 bits per heavy atom. The summed E-state index contributed by atoms with van der Waals surface area (Å²) in [5.74, 6) is 0.0673. The second-order valence-electron chi connectivity index (χ2n) is 7.51. The lowest BCUT2D eigenvalue weighted by Gasteiger charge is -2.13. The molecule has 0 atom stereocenters. The Labute approximate surface area is 188 Å². The third-order valence-corrected chi connectivity index (χ3v) is 7.53. The predicted molar refractivity (Wildman–Crippen MR) is 127 cm³/mol. The van der Waals surface area contributed by atoms with E-state index in [0.29, 0.717) is 11.7 Å². The molecule has 156 valence electrons. The summed E-state index contributed by atoms with van der Waals surface area (Å²) < 4.78 is 1.73. The van der Waals surface area contributed by atoms with Gasteiger partial charge in [-0.15, -0.1) is 11.3 Å². The molecule has 2 aromatic heterocycles. The normalized spacial score (nSPS) is 12.8. The number of nitrogens with zero attached hydrogens (tertiary/aromatic N) is 2. The summed E-state index contributed by atoms with van der Waals surface area (Å²) in [5.41, 5.74) is 2.97. The van der Waals surface area contributed by atoms with Crippen LogP contribution in [0.3, 0.4) is 0 Å². The van der Waals surface area contributed by atoms with Gasteiger partial charge in [0, 0.05) is 10.6 Å². The number of aryl methyl sites for hydroxylation is 2. The van der Waals surface area contributed by atoms with Crippen LogP contribution in [-0.2, 0) is 24.2 Å². The second kappa shape index (κ2) is 8.69. The number of amides is 1. The molecule has 0 bridgehead atoms. The van der Waals surface area contributed by atoms with E-state index < -0.39 is 0 Å². The lowest BCUT2D eigenvalue weighted by atomic mass is 10.2. The number of para-hydroxylation sites is 1. The highest BCUT2D eigenvalue weighted by atomic mass is 32.2. The summed E-state index contributed by atoms with van der Waals surface area (Å²) in [6.07, 6.45) is 3.07. The third-order valence-electron chi connectivity index (χ3n) is 5.36. The number of fused-ring (bicyclic) bond motifs is 3. The Kier molecular flexibility index (Phi) is 5.61. The highest BCUT2D eigenvalue weighted by Gasteiger charge is 2.23. The minimum absolute atomic E-state index is 0.000722. The molecular formula is C24H21N3O2S2. The first-order chi connectivity index (χ1) is 15.2. The molecule has 31 heavy (non-hydrogen) atoms. The van der Waals surface area contributed by atoms with Crippen molar-refractivity contribution in [3.63, 3.8) is 0 Å². The molecular weight excluding hydrogens is 426 g/mol. The molecule has 1 N–H and O–H groups in total. The van der Waals surface area contributed by atoms with E-state index in [0.717, 1.165) is 40.7 Å². The number of carbonyl (C=O) groups is 1. The van der Waals surface area contributed by atoms with Crippen molar-refractivity contribution in [1.29, 1.82) is 0 Å². The summed E-state index contributed by atoms with van der Waals surface area (Å²) in [6, 6.07) is 19.3. The van der Waals surface area contributed by atoms with Crippen LogP contribution in [0, 0.1) is 0 Å². The Bertz CT molecular complexity index is 1300. The molecule has 5 nitrogen and oxygen atoms in total. The molecule has 1 aliphatic rings. The molecule has 0 spiro atoms. The molecule has 2 aromatic carbocycles. The number of rotatable bonds is 6. The summed E-state index contributed by atoms with van der Waals surface area (Å²) in [5, 5.41) is 4.25. The van der Waals surface area contributed by atoms with E-state index >= 15 is 0 Å². The predicted octanol–water partition coefficient (Wildman–Crippen LogP) is 4.73. The van der Waals surface area contributed by atoms with E-state index in [1.54, 1.807) is 15.9 Å². The van der Waals surface area contributed by atoms with Crippen LogP contribution in [0.15, 0.2) is 70.6 Å². The first-order valence-corrected chi connectivity index (χ1v) is 12.1. The van der Waals surface area contributed by atoms with Crippen LogP contribution >= 0.6 is 23.1 Å². The number of thiophene rings is 1. The monoisotopic (exact) mass is 447 g/mol. The number of anilines is 1. The maximum absolute atomic E-state index is 13.5. The molecule has 2 heterocycles. The first kappa shape index (κ1) is 20.0. The number of carbonyl (C=O) groups excluding carboxylic acids is 1. The Hall–Kier alpha value is -2.90. The van der Waals surface area contributed by atoms with Gasteiger partial charge in [0.05, 0.1) is 17.7 Å². The largest absolute Gasteiger partial charge is 0.325 e. The van der Waals surface area contributed by atoms with Gasteiger partial charge in [-0.05, 0) is 42.5 Å². The lowest BCUT2D eigenvalue weighted by Crippen LogP contribution is -2.25. The zero-order chi connectivity index (χ0) is 21.2. The van der Waals surface area contributed by atoms with Gasteiger partial charge in [0.25, 0.3) is 5.56 Å². The van der Waals surface area contributed by atoms with Crippen molar-refractivity contribution < 1.29 is 4.79 Å². The van der Waals surface area contributed by atoms with Crippen molar-refractivity contribution >= 4 is 44.9 Å². The first-order valence-electron chi connectivity index (χ1n) is 10.3. The SMILES string of the molecule is O=C(CSc1nc2sc3c(c2c(=O)n1Cc1ccccc1)CCC3)Nc1ccccc1. The summed E-state index contributed by atoms with van der Waals surface area (Å²) in [7, 11) is 0. The maximum atomic E-state index is 13.5. The van der Waals surface area contributed by atoms with Gasteiger partial charge < -0.3 is 5.32 Å². The van der Waals surface area contributed by atoms with E-state index in [9.17, 15) is 9.59 Å². The van der Waals surface area contributed by atoms with Gasteiger partial charge in [0.15, 0.2) is 5.16 Å². The van der Waals surface area contributed by atoms with Gasteiger partial charge >= 0.3 is 0 Å². The number of hydrogen-bond donors (Lipinski definition) is 1. The topological polar surface area (TPSA) is 64.0 Å². The van der Waals surface area contributed by atoms with Crippen LogP contribution in [0.4, 0.5) is 5.69 Å². The summed E-state index contributed by atoms with van der Waals surface area (Å²) in [6.45, 7) is 0.440. The molecule has 0 fully saturated rings. The number of benzene rings is 2. The zero-order valence-electron chi connectivity index (χ0n) is 16.8. The van der Waals surface area contributed by atoms with E-state index in [4.69, 9.17) is 4.98 Å². The maximum Gasteiger partial charge on any atom is 0.263 e. The molecule has 0 unspecified atom stereocenters. The van der Waals surface area contributed by atoms with E-state index in [1.165, 1.54) is 22.2 Å². The van der Waals surface area contributed by atoms with E-state index in [2.05, 4.69) is 5.32 Å². The van der Waals surface area contributed by atoms with Crippen molar-refractivity contribution in [3.05, 3.63) is 87.0 Å². The van der Waals surface area contributed by atoms with Gasteiger partial charge in [-0.1, -0.05) is 60.3 Å². The molecule has 4 aromatic rings. The van der Waals surface area contributed by atoms with Gasteiger partial charge in [0.2, 0.25) is 5.91 Å². The smallest absolute Gasteiger partial charge is 0.263 e. The molecule has 0 aliphatic heterocycles. The summed E-state index contributed by atoms with van der Waals surface area (Å²) in [4.78, 5) is 32.9. The molecule has 0 saturated heterocycles. The van der Waals surface area contributed by atoms with Crippen LogP contribution in [0.25, 0.3) is 10.2 Å². The van der Waals surface area contributed by atoms with Gasteiger partial charge in [-0.25, -0.2) is 4.98 Å². The van der Waals surface area contributed by atoms with Gasteiger partial charge in [0.1, 0.15) is 4.83 Å². The van der Waals surface area contributed by atoms with Crippen molar-refractivity contribution in [1.82, 2.24) is 9.55 Å². The Morgan fingerprint density at radius 3 is 2.58 bits per heavy atom. The van der Waals surface area contributed by atoms with E-state index in [-0.39, 0.29) is 17.2 Å². The molecule has 0 saturated carbocycles. The highest BCUT2D eigenvalue weighted by molar-refractivity contribution is 7.99. The van der Waals surface area contributed by atoms with Crippen LogP contribution < -0.4 is 10.9 Å². The average molecular weight is 448 g/mol. The number of aromatic nitrogens is 2. The van der Waals surface area contributed by atoms with Crippen molar-refractivity contribution in [3.8, 4) is 0 Å². The number of thioether (sulfide) groups is 1. The molecule has 7 heteroatoms. The fourth-order valence-corrected chi connectivity index (χ4v) is 6.02. The fraction of sp³-hybridized carbons (Fsp3) is 0.208. The fourth-order valence-electron chi connectivity index (χ4n) is 3.92. The summed E-state index contributed by atoms with van der Waals surface area (Å²) >= 11 is 2.94. The van der Waals surface area contributed by atoms with Crippen LogP contribution in [-0.4, -0.2) is 21.2 Å². The molecule has 5 rings (SSSR count). The van der Waals surface area contributed by atoms with Crippen LogP contribution in [0.2, 0.25) is 0 Å². The van der Waals surface area contributed by atoms with Crippen LogP contribution in [0.5, 0.6) is 0 Å². The Morgan fingerprint density at radius 2 is 1.81 bits per heavy atom. The van der Waals surface area contributed by atoms with Crippen molar-refractivity contribution in [2.24, 2.45) is 0 Å². The van der Waals surface area contributed by atoms with Crippen molar-refractivity contribution in [2.45, 2.75) is 31.0 Å². The third kappa shape index (κ3) is 4.16. The lowest BCUT2D eigenvalue weighted by molar-refractivity contribution is -0.113. The second-order valence-corrected chi connectivity index (χ2v) is 9.54. The Balaban J connectivity index is 1.47. The molecule has 0 radical (unpaired) electrons. The minimum Gasteiger partial charge on any atom is -0.325 e. The standard InChI is InChI=1S/C24H21N3O2S2/c28-20(25-17-10-5-2-6-11-17)15-30-24-26-22-21(18-12-7-13-19(18)31-22)23(29)27(24)14-16-8-3-1-4-9-16/h1-6,8-11H,7,12-15H2,(H,25,28).